The fourth-order valence-corrected chi connectivity index (χ4v) is 2.13. The lowest BCUT2D eigenvalue weighted by Crippen LogP contribution is -2.45. The van der Waals surface area contributed by atoms with E-state index in [9.17, 15) is 19.5 Å². The van der Waals surface area contributed by atoms with Gasteiger partial charge in [-0.2, -0.15) is 0 Å². The van der Waals surface area contributed by atoms with E-state index in [-0.39, 0.29) is 25.3 Å². The van der Waals surface area contributed by atoms with Crippen LogP contribution in [0.25, 0.3) is 0 Å². The maximum Gasteiger partial charge on any atom is 0.326 e. The largest absolute Gasteiger partial charge is 0.480 e. The van der Waals surface area contributed by atoms with Crippen molar-refractivity contribution in [2.75, 3.05) is 6.54 Å². The van der Waals surface area contributed by atoms with Gasteiger partial charge in [0.2, 0.25) is 11.8 Å². The van der Waals surface area contributed by atoms with E-state index < -0.39 is 23.8 Å². The predicted octanol–water partition coefficient (Wildman–Crippen LogP) is -0.0654. The molecule has 1 aromatic carbocycles. The number of amides is 2. The molecule has 1 saturated heterocycles. The van der Waals surface area contributed by atoms with E-state index in [0.717, 1.165) is 5.56 Å². The molecule has 6 nitrogen and oxygen atoms in total. The first-order chi connectivity index (χ1) is 9.56. The molecule has 2 rings (SSSR count). The Kier molecular flexibility index (Phi) is 4.34. The normalized spacial score (nSPS) is 19.2. The molecule has 1 aromatic rings. The Hall–Kier alpha value is -2.37. The van der Waals surface area contributed by atoms with Crippen molar-refractivity contribution < 1.29 is 19.5 Å². The van der Waals surface area contributed by atoms with Crippen molar-refractivity contribution in [2.45, 2.75) is 18.9 Å². The molecule has 0 aliphatic carbocycles. The second-order valence-electron chi connectivity index (χ2n) is 4.79. The van der Waals surface area contributed by atoms with Gasteiger partial charge in [-0.25, -0.2) is 4.79 Å². The van der Waals surface area contributed by atoms with Gasteiger partial charge in [0.1, 0.15) is 6.04 Å². The van der Waals surface area contributed by atoms with E-state index >= 15 is 0 Å². The van der Waals surface area contributed by atoms with Crippen LogP contribution in [0.2, 0.25) is 0 Å². The van der Waals surface area contributed by atoms with Gasteiger partial charge >= 0.3 is 5.97 Å². The molecule has 1 aliphatic rings. The molecular weight excluding hydrogens is 260 g/mol. The molecule has 6 heteroatoms. The summed E-state index contributed by atoms with van der Waals surface area (Å²) in [6.07, 6.45) is 0.333. The summed E-state index contributed by atoms with van der Waals surface area (Å²) in [5, 5.41) is 14.2. The summed E-state index contributed by atoms with van der Waals surface area (Å²) < 4.78 is 0. The van der Waals surface area contributed by atoms with Crippen LogP contribution in [-0.2, 0) is 20.8 Å². The van der Waals surface area contributed by atoms with Crippen LogP contribution < -0.4 is 10.6 Å². The Bertz CT molecular complexity index is 515. The molecule has 2 atom stereocenters. The Morgan fingerprint density at radius 3 is 2.60 bits per heavy atom. The lowest BCUT2D eigenvalue weighted by atomic mass is 10.0. The second kappa shape index (κ2) is 6.18. The van der Waals surface area contributed by atoms with E-state index in [1.165, 1.54) is 0 Å². The van der Waals surface area contributed by atoms with Crippen molar-refractivity contribution in [1.29, 1.82) is 0 Å². The van der Waals surface area contributed by atoms with E-state index in [2.05, 4.69) is 10.6 Å². The highest BCUT2D eigenvalue weighted by Gasteiger charge is 2.30. The van der Waals surface area contributed by atoms with Crippen molar-refractivity contribution in [1.82, 2.24) is 10.6 Å². The molecule has 0 radical (unpaired) electrons. The van der Waals surface area contributed by atoms with Crippen LogP contribution in [0.4, 0.5) is 0 Å². The Labute approximate surface area is 116 Å². The molecule has 106 valence electrons. The number of hydrogen-bond acceptors (Lipinski definition) is 3. The second-order valence-corrected chi connectivity index (χ2v) is 4.79. The first-order valence-electron chi connectivity index (χ1n) is 6.40. The lowest BCUT2D eigenvalue weighted by Gasteiger charge is -2.16. The molecule has 1 heterocycles. The standard InChI is InChI=1S/C14H16N2O4/c17-12-7-10(8-15-12)13(18)16-11(14(19)20)6-9-4-2-1-3-5-9/h1-5,10-11H,6-8H2,(H,15,17)(H,16,18)(H,19,20)/t10?,11-/m1/s1. The highest BCUT2D eigenvalue weighted by molar-refractivity contribution is 5.91. The zero-order valence-electron chi connectivity index (χ0n) is 10.8. The van der Waals surface area contributed by atoms with Gasteiger partial charge in [0.25, 0.3) is 0 Å². The smallest absolute Gasteiger partial charge is 0.326 e. The van der Waals surface area contributed by atoms with E-state index in [1.807, 2.05) is 30.3 Å². The zero-order chi connectivity index (χ0) is 14.5. The van der Waals surface area contributed by atoms with Crippen LogP contribution in [0.3, 0.4) is 0 Å². The summed E-state index contributed by atoms with van der Waals surface area (Å²) in [7, 11) is 0. The molecule has 0 bridgehead atoms. The van der Waals surface area contributed by atoms with Crippen molar-refractivity contribution in [2.24, 2.45) is 5.92 Å². The number of hydrogen-bond donors (Lipinski definition) is 3. The predicted molar refractivity (Wildman–Crippen MR) is 70.8 cm³/mol. The highest BCUT2D eigenvalue weighted by atomic mass is 16.4. The summed E-state index contributed by atoms with van der Waals surface area (Å²) in [6, 6.07) is 8.10. The molecule has 0 spiro atoms. The van der Waals surface area contributed by atoms with Crippen LogP contribution >= 0.6 is 0 Å². The van der Waals surface area contributed by atoms with Gasteiger partial charge in [0.15, 0.2) is 0 Å². The minimum absolute atomic E-state index is 0.115. The maximum atomic E-state index is 11.9. The minimum atomic E-state index is -1.08. The number of carbonyl (C=O) groups excluding carboxylic acids is 2. The minimum Gasteiger partial charge on any atom is -0.480 e. The molecule has 20 heavy (non-hydrogen) atoms. The van der Waals surface area contributed by atoms with Gasteiger partial charge in [0, 0.05) is 19.4 Å². The van der Waals surface area contributed by atoms with Crippen LogP contribution in [0, 0.1) is 5.92 Å². The maximum absolute atomic E-state index is 11.9. The Morgan fingerprint density at radius 1 is 1.35 bits per heavy atom. The topological polar surface area (TPSA) is 95.5 Å². The number of nitrogens with one attached hydrogen (secondary N) is 2. The first-order valence-corrected chi connectivity index (χ1v) is 6.40. The first kappa shape index (κ1) is 14.0. The van der Waals surface area contributed by atoms with Gasteiger partial charge in [-0.15, -0.1) is 0 Å². The zero-order valence-corrected chi connectivity index (χ0v) is 10.8. The van der Waals surface area contributed by atoms with Crippen molar-refractivity contribution in [3.05, 3.63) is 35.9 Å². The molecule has 2 amide bonds. The van der Waals surface area contributed by atoms with Gasteiger partial charge in [-0.3, -0.25) is 9.59 Å². The van der Waals surface area contributed by atoms with Gasteiger partial charge in [-0.1, -0.05) is 30.3 Å². The molecule has 1 fully saturated rings. The van der Waals surface area contributed by atoms with E-state index in [1.54, 1.807) is 0 Å². The third kappa shape index (κ3) is 3.57. The van der Waals surface area contributed by atoms with Crippen molar-refractivity contribution >= 4 is 17.8 Å². The number of benzene rings is 1. The highest BCUT2D eigenvalue weighted by Crippen LogP contribution is 2.10. The average Bonchev–Trinajstić information content (AvgIpc) is 2.86. The Balaban J connectivity index is 1.97. The molecule has 1 unspecified atom stereocenters. The van der Waals surface area contributed by atoms with Gasteiger partial charge < -0.3 is 15.7 Å². The lowest BCUT2D eigenvalue weighted by molar-refractivity contribution is -0.142. The fraction of sp³-hybridized carbons (Fsp3) is 0.357. The molecule has 3 N–H and O–H groups in total. The van der Waals surface area contributed by atoms with Crippen LogP contribution in [0.15, 0.2) is 30.3 Å². The summed E-state index contributed by atoms with van der Waals surface area (Å²) in [6.45, 7) is 0.266. The third-order valence-electron chi connectivity index (χ3n) is 3.25. The number of carboxylic acid groups (broad SMARTS) is 1. The monoisotopic (exact) mass is 276 g/mol. The average molecular weight is 276 g/mol. The van der Waals surface area contributed by atoms with E-state index in [0.29, 0.717) is 0 Å². The Morgan fingerprint density at radius 2 is 2.05 bits per heavy atom. The van der Waals surface area contributed by atoms with Gasteiger partial charge in [-0.05, 0) is 5.56 Å². The van der Waals surface area contributed by atoms with Crippen molar-refractivity contribution in [3.63, 3.8) is 0 Å². The van der Waals surface area contributed by atoms with Crippen LogP contribution in [-0.4, -0.2) is 35.5 Å². The fourth-order valence-electron chi connectivity index (χ4n) is 2.13. The summed E-state index contributed by atoms with van der Waals surface area (Å²) in [5.41, 5.74) is 0.834. The quantitative estimate of drug-likeness (QED) is 0.701. The number of carbonyl (C=O) groups is 3. The van der Waals surface area contributed by atoms with Crippen LogP contribution in [0.5, 0.6) is 0 Å². The number of aliphatic carboxylic acids is 1. The summed E-state index contributed by atoms with van der Waals surface area (Å²) in [4.78, 5) is 34.2. The van der Waals surface area contributed by atoms with E-state index in [4.69, 9.17) is 0 Å². The third-order valence-corrected chi connectivity index (χ3v) is 3.25. The van der Waals surface area contributed by atoms with Crippen molar-refractivity contribution in [3.8, 4) is 0 Å². The molecule has 0 saturated carbocycles. The molecular formula is C14H16N2O4. The van der Waals surface area contributed by atoms with Crippen LogP contribution in [0.1, 0.15) is 12.0 Å². The molecule has 1 aliphatic heterocycles. The number of carboxylic acids is 1. The summed E-state index contributed by atoms with van der Waals surface area (Å²) >= 11 is 0. The number of rotatable bonds is 5. The van der Waals surface area contributed by atoms with Gasteiger partial charge in [0.05, 0.1) is 5.92 Å². The summed E-state index contributed by atoms with van der Waals surface area (Å²) in [5.74, 6) is -2.15. The molecule has 0 aromatic heterocycles. The SMILES string of the molecule is O=C1CC(C(=O)N[C@H](Cc2ccccc2)C(=O)O)CN1.